The van der Waals surface area contributed by atoms with E-state index in [9.17, 15) is 13.2 Å². The third kappa shape index (κ3) is 5.63. The molecule has 0 fully saturated rings. The fraction of sp³-hybridized carbons (Fsp3) is 0.200. The van der Waals surface area contributed by atoms with Crippen molar-refractivity contribution >= 4 is 11.8 Å². The second-order valence-corrected chi connectivity index (χ2v) is 6.95. The summed E-state index contributed by atoms with van der Waals surface area (Å²) in [6.07, 6.45) is -4.45. The third-order valence-corrected chi connectivity index (χ3v) is 4.34. The Bertz CT molecular complexity index is 921. The molecule has 0 aliphatic rings. The molecule has 0 amide bonds. The van der Waals surface area contributed by atoms with Crippen molar-refractivity contribution in [1.82, 2.24) is 9.97 Å². The number of aromatic nitrogens is 2. The van der Waals surface area contributed by atoms with Crippen molar-refractivity contribution in [2.75, 3.05) is 5.75 Å². The van der Waals surface area contributed by atoms with Gasteiger partial charge in [-0.2, -0.15) is 23.1 Å². The van der Waals surface area contributed by atoms with Gasteiger partial charge < -0.3 is 9.47 Å². The molecule has 0 atom stereocenters. The number of halogens is 3. The van der Waals surface area contributed by atoms with E-state index in [1.807, 2.05) is 37.3 Å². The van der Waals surface area contributed by atoms with Gasteiger partial charge >= 0.3 is 12.2 Å². The molecule has 146 valence electrons. The summed E-state index contributed by atoms with van der Waals surface area (Å²) in [6, 6.07) is 15.8. The Morgan fingerprint density at radius 2 is 1.75 bits per heavy atom. The molecule has 0 N–H and O–H groups in total. The Labute approximate surface area is 164 Å². The highest BCUT2D eigenvalue weighted by molar-refractivity contribution is 7.99. The lowest BCUT2D eigenvalue weighted by molar-refractivity contribution is -0.137. The number of hydrogen-bond acceptors (Lipinski definition) is 5. The zero-order valence-corrected chi connectivity index (χ0v) is 15.8. The van der Waals surface area contributed by atoms with Gasteiger partial charge in [-0.1, -0.05) is 43.3 Å². The number of ether oxygens (including phenoxy) is 2. The van der Waals surface area contributed by atoms with Crippen LogP contribution in [0.3, 0.4) is 0 Å². The Morgan fingerprint density at radius 3 is 2.46 bits per heavy atom. The second-order valence-electron chi connectivity index (χ2n) is 5.66. The summed E-state index contributed by atoms with van der Waals surface area (Å²) in [5, 5.41) is 0.613. The lowest BCUT2D eigenvalue weighted by Crippen LogP contribution is -2.05. The number of thioether (sulfide) groups is 1. The first kappa shape index (κ1) is 20.0. The van der Waals surface area contributed by atoms with Crippen molar-refractivity contribution in [3.63, 3.8) is 0 Å². The first-order chi connectivity index (χ1) is 13.4. The summed E-state index contributed by atoms with van der Waals surface area (Å²) in [5.41, 5.74) is 0.155. The molecule has 8 heteroatoms. The average Bonchev–Trinajstić information content (AvgIpc) is 2.67. The minimum Gasteiger partial charge on any atom is -0.458 e. The van der Waals surface area contributed by atoms with E-state index in [1.165, 1.54) is 23.9 Å². The van der Waals surface area contributed by atoms with Gasteiger partial charge in [0, 0.05) is 6.07 Å². The molecule has 3 rings (SSSR count). The van der Waals surface area contributed by atoms with E-state index < -0.39 is 11.7 Å². The van der Waals surface area contributed by atoms with Gasteiger partial charge in [0.15, 0.2) is 0 Å². The first-order valence-corrected chi connectivity index (χ1v) is 9.46. The van der Waals surface area contributed by atoms with Crippen LogP contribution in [0.5, 0.6) is 17.6 Å². The SMILES string of the molecule is CCSc1cc(Oc2cccc(C(F)(F)F)c2)nc(OCc2ccccc2)n1. The summed E-state index contributed by atoms with van der Waals surface area (Å²) < 4.78 is 49.9. The van der Waals surface area contributed by atoms with E-state index in [4.69, 9.17) is 9.47 Å². The molecule has 1 heterocycles. The first-order valence-electron chi connectivity index (χ1n) is 8.48. The maximum absolute atomic E-state index is 12.9. The number of hydrogen-bond donors (Lipinski definition) is 0. The van der Waals surface area contributed by atoms with Crippen molar-refractivity contribution in [3.05, 3.63) is 71.8 Å². The zero-order valence-electron chi connectivity index (χ0n) is 14.9. The minimum atomic E-state index is -4.45. The molecule has 3 aromatic rings. The van der Waals surface area contributed by atoms with Gasteiger partial charge in [0.1, 0.15) is 17.4 Å². The van der Waals surface area contributed by atoms with E-state index in [0.29, 0.717) is 5.03 Å². The molecule has 0 radical (unpaired) electrons. The standard InChI is InChI=1S/C20H17F3N2O2S/c1-2-28-18-12-17(27-16-10-6-9-15(11-16)20(21,22)23)24-19(25-18)26-13-14-7-4-3-5-8-14/h3-12H,2,13H2,1H3. The Kier molecular flexibility index (Phi) is 6.41. The van der Waals surface area contributed by atoms with Crippen LogP contribution in [-0.4, -0.2) is 15.7 Å². The molecule has 0 aliphatic heterocycles. The van der Waals surface area contributed by atoms with Crippen LogP contribution in [0.25, 0.3) is 0 Å². The van der Waals surface area contributed by atoms with Gasteiger partial charge in [-0.3, -0.25) is 0 Å². The molecule has 0 saturated carbocycles. The molecule has 0 unspecified atom stereocenters. The summed E-state index contributed by atoms with van der Waals surface area (Å²) in [7, 11) is 0. The van der Waals surface area contributed by atoms with Gasteiger partial charge in [0.2, 0.25) is 5.88 Å². The maximum atomic E-state index is 12.9. The molecule has 0 bridgehead atoms. The van der Waals surface area contributed by atoms with Crippen molar-refractivity contribution < 1.29 is 22.6 Å². The van der Waals surface area contributed by atoms with Crippen LogP contribution in [0.2, 0.25) is 0 Å². The normalized spacial score (nSPS) is 11.3. The Hall–Kier alpha value is -2.74. The van der Waals surface area contributed by atoms with E-state index in [-0.39, 0.29) is 24.2 Å². The number of nitrogens with zero attached hydrogens (tertiary/aromatic N) is 2. The van der Waals surface area contributed by atoms with Gasteiger partial charge in [0.25, 0.3) is 0 Å². The summed E-state index contributed by atoms with van der Waals surface area (Å²) in [6.45, 7) is 2.23. The van der Waals surface area contributed by atoms with Crippen LogP contribution in [0, 0.1) is 0 Å². The van der Waals surface area contributed by atoms with Crippen LogP contribution in [0.1, 0.15) is 18.1 Å². The fourth-order valence-electron chi connectivity index (χ4n) is 2.30. The summed E-state index contributed by atoms with van der Waals surface area (Å²) in [4.78, 5) is 8.47. The number of benzene rings is 2. The molecule has 4 nitrogen and oxygen atoms in total. The monoisotopic (exact) mass is 406 g/mol. The quantitative estimate of drug-likeness (QED) is 0.357. The Morgan fingerprint density at radius 1 is 0.964 bits per heavy atom. The lowest BCUT2D eigenvalue weighted by atomic mass is 10.2. The van der Waals surface area contributed by atoms with Crippen molar-refractivity contribution in [2.45, 2.75) is 24.7 Å². The molecule has 2 aromatic carbocycles. The van der Waals surface area contributed by atoms with Gasteiger partial charge in [-0.05, 0) is 29.5 Å². The third-order valence-electron chi connectivity index (χ3n) is 3.55. The number of alkyl halides is 3. The zero-order chi connectivity index (χ0) is 20.0. The predicted octanol–water partition coefficient (Wildman–Crippen LogP) is 5.98. The van der Waals surface area contributed by atoms with Gasteiger partial charge in [0.05, 0.1) is 5.56 Å². The van der Waals surface area contributed by atoms with Crippen LogP contribution in [-0.2, 0) is 12.8 Å². The average molecular weight is 406 g/mol. The molecule has 0 aliphatic carbocycles. The molecule has 0 saturated heterocycles. The predicted molar refractivity (Wildman–Crippen MR) is 101 cm³/mol. The fourth-order valence-corrected chi connectivity index (χ4v) is 2.92. The highest BCUT2D eigenvalue weighted by Crippen LogP contribution is 2.33. The lowest BCUT2D eigenvalue weighted by Gasteiger charge is -2.11. The minimum absolute atomic E-state index is 0.0370. The Balaban J connectivity index is 1.81. The molecule has 28 heavy (non-hydrogen) atoms. The van der Waals surface area contributed by atoms with Gasteiger partial charge in [-0.15, -0.1) is 11.8 Å². The second kappa shape index (κ2) is 8.97. The number of rotatable bonds is 7. The highest BCUT2D eigenvalue weighted by atomic mass is 32.2. The smallest absolute Gasteiger partial charge is 0.416 e. The topological polar surface area (TPSA) is 44.2 Å². The summed E-state index contributed by atoms with van der Waals surface area (Å²) in [5.74, 6) is 0.918. The van der Waals surface area contributed by atoms with E-state index >= 15 is 0 Å². The molecular formula is C20H17F3N2O2S. The highest BCUT2D eigenvalue weighted by Gasteiger charge is 2.30. The molecule has 0 spiro atoms. The van der Waals surface area contributed by atoms with Crippen LogP contribution < -0.4 is 9.47 Å². The largest absolute Gasteiger partial charge is 0.458 e. The van der Waals surface area contributed by atoms with E-state index in [0.717, 1.165) is 23.4 Å². The van der Waals surface area contributed by atoms with Crippen LogP contribution in [0.4, 0.5) is 13.2 Å². The van der Waals surface area contributed by atoms with Crippen molar-refractivity contribution in [1.29, 1.82) is 0 Å². The van der Waals surface area contributed by atoms with E-state index in [2.05, 4.69) is 9.97 Å². The maximum Gasteiger partial charge on any atom is 0.416 e. The van der Waals surface area contributed by atoms with Crippen LogP contribution >= 0.6 is 11.8 Å². The van der Waals surface area contributed by atoms with Crippen LogP contribution in [0.15, 0.2) is 65.7 Å². The summed E-state index contributed by atoms with van der Waals surface area (Å²) >= 11 is 1.45. The van der Waals surface area contributed by atoms with Gasteiger partial charge in [-0.25, -0.2) is 0 Å². The molecular weight excluding hydrogens is 389 g/mol. The van der Waals surface area contributed by atoms with E-state index in [1.54, 1.807) is 6.07 Å². The van der Waals surface area contributed by atoms with Crippen molar-refractivity contribution in [2.24, 2.45) is 0 Å². The molecule has 1 aromatic heterocycles. The van der Waals surface area contributed by atoms with Crippen molar-refractivity contribution in [3.8, 4) is 17.6 Å².